The first-order valence-corrected chi connectivity index (χ1v) is 10.0. The van der Waals surface area contributed by atoms with E-state index in [1.54, 1.807) is 0 Å². The van der Waals surface area contributed by atoms with Gasteiger partial charge in [0.05, 0.1) is 11.2 Å². The highest BCUT2D eigenvalue weighted by molar-refractivity contribution is 9.10. The first-order chi connectivity index (χ1) is 12.7. The van der Waals surface area contributed by atoms with Crippen LogP contribution in [0.1, 0.15) is 18.4 Å². The van der Waals surface area contributed by atoms with Gasteiger partial charge in [0.2, 0.25) is 0 Å². The fraction of sp³-hybridized carbons (Fsp3) is 0.182. The number of aromatic nitrogens is 1. The van der Waals surface area contributed by atoms with Crippen molar-refractivity contribution in [2.75, 3.05) is 6.54 Å². The van der Waals surface area contributed by atoms with Gasteiger partial charge < -0.3 is 10.7 Å². The molecule has 0 saturated heterocycles. The molecule has 0 unspecified atom stereocenters. The summed E-state index contributed by atoms with van der Waals surface area (Å²) in [6, 6.07) is 18.9. The number of aryl methyl sites for hydroxylation is 1. The fourth-order valence-corrected chi connectivity index (χ4v) is 4.19. The normalized spacial score (nSPS) is 11.5. The number of H-pyrrole nitrogens is 1. The molecule has 0 atom stereocenters. The molecule has 132 valence electrons. The second-order valence-corrected chi connectivity index (χ2v) is 7.88. The zero-order valence-corrected chi connectivity index (χ0v) is 16.7. The average Bonchev–Trinajstić information content (AvgIpc) is 3.03. The maximum absolute atomic E-state index is 6.55. The SMILES string of the molecule is NCCCCc1c(-c2cc(Br)ccc2Cl)[nH]c2c1ccc1ccccc12. The molecule has 4 aromatic rings. The van der Waals surface area contributed by atoms with Gasteiger partial charge in [-0.3, -0.25) is 0 Å². The van der Waals surface area contributed by atoms with Crippen molar-refractivity contribution in [1.82, 2.24) is 4.98 Å². The Labute approximate surface area is 166 Å². The molecule has 0 radical (unpaired) electrons. The largest absolute Gasteiger partial charge is 0.354 e. The van der Waals surface area contributed by atoms with E-state index in [2.05, 4.69) is 63.4 Å². The number of halogens is 2. The van der Waals surface area contributed by atoms with Crippen molar-refractivity contribution in [1.29, 1.82) is 0 Å². The summed E-state index contributed by atoms with van der Waals surface area (Å²) >= 11 is 10.1. The van der Waals surface area contributed by atoms with Crippen LogP contribution in [0, 0.1) is 0 Å². The Morgan fingerprint density at radius 2 is 1.81 bits per heavy atom. The Kier molecular flexibility index (Phi) is 5.03. The molecule has 4 heteroatoms. The maximum atomic E-state index is 6.55. The predicted molar refractivity (Wildman–Crippen MR) is 116 cm³/mol. The maximum Gasteiger partial charge on any atom is 0.0541 e. The molecule has 0 spiro atoms. The van der Waals surface area contributed by atoms with Gasteiger partial charge in [-0.05, 0) is 55.0 Å². The molecule has 26 heavy (non-hydrogen) atoms. The molecule has 3 aromatic carbocycles. The minimum absolute atomic E-state index is 0.720. The minimum Gasteiger partial charge on any atom is -0.354 e. The van der Waals surface area contributed by atoms with Crippen LogP contribution in [-0.4, -0.2) is 11.5 Å². The van der Waals surface area contributed by atoms with E-state index in [0.717, 1.165) is 46.6 Å². The lowest BCUT2D eigenvalue weighted by molar-refractivity contribution is 0.748. The molecule has 0 saturated carbocycles. The van der Waals surface area contributed by atoms with E-state index >= 15 is 0 Å². The second kappa shape index (κ2) is 7.43. The van der Waals surface area contributed by atoms with Crippen LogP contribution in [0.4, 0.5) is 0 Å². The van der Waals surface area contributed by atoms with Crippen LogP contribution in [0.25, 0.3) is 32.9 Å². The lowest BCUT2D eigenvalue weighted by atomic mass is 9.99. The summed E-state index contributed by atoms with van der Waals surface area (Å²) in [7, 11) is 0. The van der Waals surface area contributed by atoms with Crippen LogP contribution in [0.3, 0.4) is 0 Å². The van der Waals surface area contributed by atoms with Gasteiger partial charge in [0.1, 0.15) is 0 Å². The summed E-state index contributed by atoms with van der Waals surface area (Å²) in [5.74, 6) is 0. The van der Waals surface area contributed by atoms with Crippen LogP contribution < -0.4 is 5.73 Å². The summed E-state index contributed by atoms with van der Waals surface area (Å²) in [6.45, 7) is 0.720. The molecule has 0 amide bonds. The van der Waals surface area contributed by atoms with Crippen LogP contribution in [0.2, 0.25) is 5.02 Å². The predicted octanol–water partition coefficient (Wildman–Crippen LogP) is 6.69. The van der Waals surface area contributed by atoms with Gasteiger partial charge in [-0.2, -0.15) is 0 Å². The van der Waals surface area contributed by atoms with E-state index in [4.69, 9.17) is 17.3 Å². The summed E-state index contributed by atoms with van der Waals surface area (Å²) in [4.78, 5) is 3.68. The number of unbranched alkanes of at least 4 members (excludes halogenated alkanes) is 1. The van der Waals surface area contributed by atoms with Crippen molar-refractivity contribution in [2.45, 2.75) is 19.3 Å². The number of hydrogen-bond acceptors (Lipinski definition) is 1. The van der Waals surface area contributed by atoms with E-state index in [0.29, 0.717) is 0 Å². The first kappa shape index (κ1) is 17.6. The molecule has 1 aromatic heterocycles. The third-order valence-electron chi connectivity index (χ3n) is 4.88. The number of benzene rings is 3. The Hall–Kier alpha value is -1.81. The molecule has 2 nitrogen and oxygen atoms in total. The van der Waals surface area contributed by atoms with Crippen molar-refractivity contribution in [2.24, 2.45) is 5.73 Å². The fourth-order valence-electron chi connectivity index (χ4n) is 3.62. The summed E-state index contributed by atoms with van der Waals surface area (Å²) < 4.78 is 1.02. The smallest absolute Gasteiger partial charge is 0.0541 e. The molecular formula is C22H20BrClN2. The van der Waals surface area contributed by atoms with Crippen molar-refractivity contribution < 1.29 is 0 Å². The average molecular weight is 428 g/mol. The standard InChI is InChI=1S/C22H20BrClN2/c23-15-9-11-20(24)19(13-15)22-17(7-3-4-12-25)18-10-8-14-5-1-2-6-16(14)21(18)26-22/h1-2,5-6,8-11,13,26H,3-4,7,12,25H2. The van der Waals surface area contributed by atoms with Gasteiger partial charge in [-0.25, -0.2) is 0 Å². The van der Waals surface area contributed by atoms with E-state index in [1.807, 2.05) is 12.1 Å². The van der Waals surface area contributed by atoms with Crippen molar-refractivity contribution in [3.63, 3.8) is 0 Å². The number of fused-ring (bicyclic) bond motifs is 3. The van der Waals surface area contributed by atoms with E-state index < -0.39 is 0 Å². The highest BCUT2D eigenvalue weighted by atomic mass is 79.9. The highest BCUT2D eigenvalue weighted by Gasteiger charge is 2.17. The van der Waals surface area contributed by atoms with Crippen LogP contribution >= 0.6 is 27.5 Å². The zero-order valence-electron chi connectivity index (χ0n) is 14.4. The Morgan fingerprint density at radius 3 is 2.65 bits per heavy atom. The highest BCUT2D eigenvalue weighted by Crippen LogP contribution is 2.38. The Bertz CT molecular complexity index is 1080. The van der Waals surface area contributed by atoms with Crippen LogP contribution in [0.5, 0.6) is 0 Å². The third kappa shape index (κ3) is 3.16. The second-order valence-electron chi connectivity index (χ2n) is 6.56. The molecule has 0 aliphatic heterocycles. The van der Waals surface area contributed by atoms with Gasteiger partial charge in [0.15, 0.2) is 0 Å². The minimum atomic E-state index is 0.720. The number of rotatable bonds is 5. The summed E-state index contributed by atoms with van der Waals surface area (Å²) in [6.07, 6.45) is 3.06. The van der Waals surface area contributed by atoms with Gasteiger partial charge in [-0.1, -0.05) is 63.9 Å². The lowest BCUT2D eigenvalue weighted by Gasteiger charge is -2.08. The van der Waals surface area contributed by atoms with Crippen molar-refractivity contribution in [3.8, 4) is 11.3 Å². The zero-order chi connectivity index (χ0) is 18.1. The van der Waals surface area contributed by atoms with E-state index in [-0.39, 0.29) is 0 Å². The molecular weight excluding hydrogens is 408 g/mol. The molecule has 1 heterocycles. The van der Waals surface area contributed by atoms with Gasteiger partial charge in [0, 0.05) is 25.8 Å². The Balaban J connectivity index is 1.99. The summed E-state index contributed by atoms with van der Waals surface area (Å²) in [5.41, 5.74) is 10.4. The van der Waals surface area contributed by atoms with Crippen molar-refractivity contribution in [3.05, 3.63) is 69.7 Å². The van der Waals surface area contributed by atoms with Crippen LogP contribution in [0.15, 0.2) is 59.1 Å². The molecule has 3 N–H and O–H groups in total. The number of nitrogens with one attached hydrogen (secondary N) is 1. The lowest BCUT2D eigenvalue weighted by Crippen LogP contribution is -1.99. The topological polar surface area (TPSA) is 41.8 Å². The van der Waals surface area contributed by atoms with Gasteiger partial charge in [-0.15, -0.1) is 0 Å². The van der Waals surface area contributed by atoms with E-state index in [9.17, 15) is 0 Å². The quantitative estimate of drug-likeness (QED) is 0.342. The summed E-state index contributed by atoms with van der Waals surface area (Å²) in [5, 5.41) is 4.50. The molecule has 4 rings (SSSR count). The molecule has 0 bridgehead atoms. The van der Waals surface area contributed by atoms with E-state index in [1.165, 1.54) is 27.2 Å². The third-order valence-corrected chi connectivity index (χ3v) is 5.71. The molecule has 0 aliphatic rings. The number of hydrogen-bond donors (Lipinski definition) is 2. The van der Waals surface area contributed by atoms with Crippen molar-refractivity contribution >= 4 is 49.2 Å². The molecule has 0 fully saturated rings. The monoisotopic (exact) mass is 426 g/mol. The van der Waals surface area contributed by atoms with Gasteiger partial charge >= 0.3 is 0 Å². The Morgan fingerprint density at radius 1 is 0.962 bits per heavy atom. The number of nitrogens with two attached hydrogens (primary N) is 1. The van der Waals surface area contributed by atoms with Gasteiger partial charge in [0.25, 0.3) is 0 Å². The first-order valence-electron chi connectivity index (χ1n) is 8.87. The van der Waals surface area contributed by atoms with Crippen LogP contribution in [-0.2, 0) is 6.42 Å². The molecule has 0 aliphatic carbocycles. The number of aromatic amines is 1.